The average Bonchev–Trinajstić information content (AvgIpc) is 2.27. The fraction of sp³-hybridized carbons (Fsp3) is 1.00. The Labute approximate surface area is 125 Å². The van der Waals surface area contributed by atoms with Crippen molar-refractivity contribution in [3.63, 3.8) is 0 Å². The predicted octanol–water partition coefficient (Wildman–Crippen LogP) is 3.87. The van der Waals surface area contributed by atoms with Crippen molar-refractivity contribution in [2.24, 2.45) is 5.92 Å². The van der Waals surface area contributed by atoms with Crippen LogP contribution in [0.5, 0.6) is 0 Å². The van der Waals surface area contributed by atoms with Crippen LogP contribution in [0.4, 0.5) is 0 Å². The van der Waals surface area contributed by atoms with Gasteiger partial charge in [-0.1, -0.05) is 6.92 Å². The van der Waals surface area contributed by atoms with Crippen molar-refractivity contribution in [3.8, 4) is 0 Å². The standard InChI is InChI=1S/C12H26N2.I2/c1-9-10(2,3)13-11(4,5)12(9,6)14(7)8;1-2/h9,13H,1-8H3;. The number of hydrogen-bond donors (Lipinski definition) is 1. The summed E-state index contributed by atoms with van der Waals surface area (Å²) in [5.41, 5.74) is 0.568. The van der Waals surface area contributed by atoms with E-state index in [9.17, 15) is 0 Å². The Morgan fingerprint density at radius 2 is 1.38 bits per heavy atom. The second-order valence-corrected chi connectivity index (χ2v) is 6.24. The number of hydrogen-bond acceptors (Lipinski definition) is 2. The summed E-state index contributed by atoms with van der Waals surface area (Å²) in [6.07, 6.45) is 0. The van der Waals surface area contributed by atoms with Gasteiger partial charge in [-0.25, -0.2) is 0 Å². The monoisotopic (exact) mass is 452 g/mol. The molecule has 1 rings (SSSR count). The Hall–Kier alpha value is 1.38. The van der Waals surface area contributed by atoms with Crippen LogP contribution < -0.4 is 5.32 Å². The summed E-state index contributed by atoms with van der Waals surface area (Å²) >= 11 is 4.24. The van der Waals surface area contributed by atoms with Gasteiger partial charge in [0.05, 0.1) is 0 Å². The molecule has 0 saturated carbocycles. The van der Waals surface area contributed by atoms with Crippen LogP contribution in [0.25, 0.3) is 0 Å². The zero-order valence-electron chi connectivity index (χ0n) is 11.8. The smallest absolute Gasteiger partial charge is 0.0394 e. The van der Waals surface area contributed by atoms with Crippen LogP contribution >= 0.6 is 37.2 Å². The summed E-state index contributed by atoms with van der Waals surface area (Å²) in [4.78, 5) is 2.36. The van der Waals surface area contributed by atoms with Crippen molar-refractivity contribution in [2.75, 3.05) is 14.1 Å². The Kier molecular flexibility index (Phi) is 6.05. The van der Waals surface area contributed by atoms with Crippen LogP contribution in [0.1, 0.15) is 41.5 Å². The molecule has 0 aromatic carbocycles. The zero-order valence-corrected chi connectivity index (χ0v) is 16.1. The molecule has 4 heteroatoms. The van der Waals surface area contributed by atoms with Crippen LogP contribution in [0, 0.1) is 5.92 Å². The van der Waals surface area contributed by atoms with E-state index in [-0.39, 0.29) is 16.6 Å². The Balaban J connectivity index is 0.00000106. The molecule has 0 aromatic rings. The highest BCUT2D eigenvalue weighted by Gasteiger charge is 2.58. The number of nitrogens with one attached hydrogen (secondary N) is 1. The molecule has 1 aliphatic rings. The molecule has 0 radical (unpaired) electrons. The van der Waals surface area contributed by atoms with Gasteiger partial charge in [-0.3, -0.25) is 0 Å². The quantitative estimate of drug-likeness (QED) is 0.608. The summed E-state index contributed by atoms with van der Waals surface area (Å²) in [5, 5.41) is 3.75. The normalized spacial score (nSPS) is 35.8. The van der Waals surface area contributed by atoms with E-state index >= 15 is 0 Å². The van der Waals surface area contributed by atoms with Gasteiger partial charge in [-0.05, 0) is 54.6 Å². The van der Waals surface area contributed by atoms with E-state index in [1.165, 1.54) is 0 Å². The molecular weight excluding hydrogens is 426 g/mol. The molecule has 0 amide bonds. The van der Waals surface area contributed by atoms with Gasteiger partial charge in [0, 0.05) is 53.8 Å². The van der Waals surface area contributed by atoms with Gasteiger partial charge < -0.3 is 10.2 Å². The molecule has 2 atom stereocenters. The molecule has 98 valence electrons. The van der Waals surface area contributed by atoms with Crippen molar-refractivity contribution in [1.82, 2.24) is 10.2 Å². The average molecular weight is 452 g/mol. The van der Waals surface area contributed by atoms with Crippen LogP contribution in [0.2, 0.25) is 0 Å². The van der Waals surface area contributed by atoms with E-state index in [4.69, 9.17) is 0 Å². The number of halogens is 2. The molecule has 0 bridgehead atoms. The second kappa shape index (κ2) is 5.57. The lowest BCUT2D eigenvalue weighted by Gasteiger charge is -2.46. The first-order valence-electron chi connectivity index (χ1n) is 5.67. The predicted molar refractivity (Wildman–Crippen MR) is 90.6 cm³/mol. The molecule has 1 heterocycles. The molecule has 1 aliphatic heterocycles. The molecule has 2 unspecified atom stereocenters. The number of likely N-dealkylation sites (N-methyl/N-ethyl adjacent to an activating group) is 1. The molecule has 0 aliphatic carbocycles. The fourth-order valence-corrected chi connectivity index (χ4v) is 3.23. The van der Waals surface area contributed by atoms with E-state index in [0.717, 1.165) is 0 Å². The number of rotatable bonds is 1. The van der Waals surface area contributed by atoms with E-state index in [1.54, 1.807) is 0 Å². The van der Waals surface area contributed by atoms with Gasteiger partial charge in [-0.15, -0.1) is 0 Å². The number of nitrogens with zero attached hydrogens (tertiary/aromatic N) is 1. The maximum atomic E-state index is 3.75. The topological polar surface area (TPSA) is 15.3 Å². The lowest BCUT2D eigenvalue weighted by molar-refractivity contribution is 0.0680. The summed E-state index contributed by atoms with van der Waals surface area (Å²) in [6, 6.07) is 0. The third-order valence-corrected chi connectivity index (χ3v) is 4.75. The molecule has 16 heavy (non-hydrogen) atoms. The minimum atomic E-state index is 0.152. The van der Waals surface area contributed by atoms with E-state index < -0.39 is 0 Å². The van der Waals surface area contributed by atoms with Gasteiger partial charge >= 0.3 is 0 Å². The Morgan fingerprint density at radius 1 is 1.00 bits per heavy atom. The first-order valence-corrected chi connectivity index (χ1v) is 12.0. The first-order chi connectivity index (χ1) is 7.06. The van der Waals surface area contributed by atoms with Gasteiger partial charge in [0.1, 0.15) is 0 Å². The SMILES string of the molecule is CC1C(C)(C)NC(C)(C)C1(C)N(C)C.II. The zero-order chi connectivity index (χ0) is 13.4. The molecule has 1 fully saturated rings. The van der Waals surface area contributed by atoms with E-state index in [1.807, 2.05) is 0 Å². The van der Waals surface area contributed by atoms with Crippen LogP contribution in [0.15, 0.2) is 0 Å². The molecule has 0 spiro atoms. The summed E-state index contributed by atoms with van der Waals surface area (Å²) in [6.45, 7) is 13.9. The summed E-state index contributed by atoms with van der Waals surface area (Å²) < 4.78 is 0. The molecule has 1 saturated heterocycles. The third-order valence-electron chi connectivity index (χ3n) is 4.75. The Morgan fingerprint density at radius 3 is 1.50 bits per heavy atom. The lowest BCUT2D eigenvalue weighted by Crippen LogP contribution is -2.59. The maximum Gasteiger partial charge on any atom is 0.0394 e. The second-order valence-electron chi connectivity index (χ2n) is 6.24. The van der Waals surface area contributed by atoms with Crippen molar-refractivity contribution < 1.29 is 0 Å². The maximum absolute atomic E-state index is 3.75. The van der Waals surface area contributed by atoms with Crippen LogP contribution in [-0.2, 0) is 0 Å². The molecule has 0 aromatic heterocycles. The minimum absolute atomic E-state index is 0.152. The van der Waals surface area contributed by atoms with E-state index in [2.05, 4.69) is 103 Å². The van der Waals surface area contributed by atoms with Crippen molar-refractivity contribution >= 4 is 37.2 Å². The van der Waals surface area contributed by atoms with Crippen LogP contribution in [0.3, 0.4) is 0 Å². The van der Waals surface area contributed by atoms with Gasteiger partial charge in [-0.2, -0.15) is 0 Å². The van der Waals surface area contributed by atoms with Crippen molar-refractivity contribution in [1.29, 1.82) is 0 Å². The van der Waals surface area contributed by atoms with E-state index in [0.29, 0.717) is 5.92 Å². The highest BCUT2D eigenvalue weighted by Crippen LogP contribution is 2.46. The molecular formula is C12H26I2N2. The minimum Gasteiger partial charge on any atom is -0.305 e. The highest BCUT2D eigenvalue weighted by molar-refractivity contribution is 15.0. The Bertz CT molecular complexity index is 239. The lowest BCUT2D eigenvalue weighted by atomic mass is 9.72. The molecule has 1 N–H and O–H groups in total. The molecule has 2 nitrogen and oxygen atoms in total. The fourth-order valence-electron chi connectivity index (χ4n) is 3.23. The van der Waals surface area contributed by atoms with Gasteiger partial charge in [0.25, 0.3) is 0 Å². The van der Waals surface area contributed by atoms with Crippen molar-refractivity contribution in [2.45, 2.75) is 58.2 Å². The third kappa shape index (κ3) is 2.69. The summed E-state index contributed by atoms with van der Waals surface area (Å²) in [5.74, 6) is 0.625. The first kappa shape index (κ1) is 17.4. The highest BCUT2D eigenvalue weighted by atomic mass is 128. The largest absolute Gasteiger partial charge is 0.305 e. The van der Waals surface area contributed by atoms with Crippen LogP contribution in [-0.4, -0.2) is 35.6 Å². The van der Waals surface area contributed by atoms with Crippen molar-refractivity contribution in [3.05, 3.63) is 0 Å². The van der Waals surface area contributed by atoms with Gasteiger partial charge in [0.15, 0.2) is 0 Å². The van der Waals surface area contributed by atoms with Gasteiger partial charge in [0.2, 0.25) is 0 Å². The summed E-state index contributed by atoms with van der Waals surface area (Å²) in [7, 11) is 4.36.